The van der Waals surface area contributed by atoms with E-state index in [1.54, 1.807) is 33.5 Å². The molecule has 2 rings (SSSR count). The summed E-state index contributed by atoms with van der Waals surface area (Å²) in [7, 11) is 4.73. The molecule has 1 aromatic rings. The van der Waals surface area contributed by atoms with Crippen LogP contribution in [-0.4, -0.2) is 57.2 Å². The number of benzene rings is 1. The van der Waals surface area contributed by atoms with Crippen LogP contribution in [0.15, 0.2) is 22.1 Å². The quantitative estimate of drug-likeness (QED) is 0.416. The minimum atomic E-state index is -0.676. The molecule has 10 nitrogen and oxygen atoms in total. The molecule has 1 aliphatic rings. The van der Waals surface area contributed by atoms with Gasteiger partial charge in [-0.1, -0.05) is 6.42 Å². The molecular weight excluding hydrogens is 470 g/mol. The van der Waals surface area contributed by atoms with Crippen molar-refractivity contribution in [2.24, 2.45) is 21.5 Å². The van der Waals surface area contributed by atoms with Gasteiger partial charge in [0.05, 0.1) is 34.5 Å². The predicted octanol–water partition coefficient (Wildman–Crippen LogP) is 2.84. The fraction of sp³-hybridized carbons (Fsp3) is 0.600. The maximum absolute atomic E-state index is 5.89. The van der Waals surface area contributed by atoms with Crippen molar-refractivity contribution in [2.45, 2.75) is 45.2 Å². The van der Waals surface area contributed by atoms with E-state index in [0.29, 0.717) is 36.2 Å². The number of hydrogen-bond donors (Lipinski definition) is 2. The van der Waals surface area contributed by atoms with E-state index in [4.69, 9.17) is 35.3 Å². The Morgan fingerprint density at radius 3 is 2.00 bits per heavy atom. The lowest BCUT2D eigenvalue weighted by atomic mass is 10.2. The van der Waals surface area contributed by atoms with Gasteiger partial charge in [0.1, 0.15) is 5.75 Å². The number of halogens is 1. The lowest BCUT2D eigenvalue weighted by molar-refractivity contribution is -0.157. The highest BCUT2D eigenvalue weighted by molar-refractivity contribution is 8.93. The fourth-order valence-electron chi connectivity index (χ4n) is 3.06. The lowest BCUT2D eigenvalue weighted by Crippen LogP contribution is -2.53. The number of methoxy groups -OCH3 is 3. The third kappa shape index (κ3) is 7.35. The van der Waals surface area contributed by atoms with E-state index in [0.717, 1.165) is 25.7 Å². The number of rotatable bonds is 12. The third-order valence-corrected chi connectivity index (χ3v) is 4.49. The van der Waals surface area contributed by atoms with Crippen LogP contribution in [0.2, 0.25) is 0 Å². The molecule has 1 aliphatic heterocycles. The average Bonchev–Trinajstić information content (AvgIpc) is 2.69. The molecule has 0 saturated carbocycles. The van der Waals surface area contributed by atoms with Crippen molar-refractivity contribution in [3.05, 3.63) is 12.1 Å². The molecular formula is C20H34BrN5O5. The number of guanidine groups is 2. The summed E-state index contributed by atoms with van der Waals surface area (Å²) < 4.78 is 21.8. The number of nitrogens with zero attached hydrogens (tertiary/aromatic N) is 3. The van der Waals surface area contributed by atoms with E-state index in [9.17, 15) is 0 Å². The number of hydroxylamine groups is 2. The number of hydrogen-bond acceptors (Lipinski definition) is 10. The standard InChI is InChI=1S/C20H33N5O5.BrH/c1-20(2)24-18(21)23-19(22)25(20)30-11-9-7-6-8-10-29-14-12-15(26-3)17(28-5)16(13-14)27-4;/h12-13H,6-11H2,1-5H3,(H4,21,22,23,24);1H. The second kappa shape index (κ2) is 12.5. The molecule has 1 aromatic carbocycles. The molecule has 31 heavy (non-hydrogen) atoms. The van der Waals surface area contributed by atoms with Crippen molar-refractivity contribution < 1.29 is 23.8 Å². The Labute approximate surface area is 194 Å². The summed E-state index contributed by atoms with van der Waals surface area (Å²) in [5, 5.41) is 1.50. The Bertz CT molecular complexity index is 747. The first-order chi connectivity index (χ1) is 14.3. The molecule has 0 aliphatic carbocycles. The number of nitrogens with two attached hydrogens (primary N) is 2. The second-order valence-corrected chi connectivity index (χ2v) is 7.19. The summed E-state index contributed by atoms with van der Waals surface area (Å²) in [6.45, 7) is 4.83. The molecule has 0 unspecified atom stereocenters. The maximum atomic E-state index is 5.89. The van der Waals surface area contributed by atoms with E-state index >= 15 is 0 Å². The fourth-order valence-corrected chi connectivity index (χ4v) is 3.06. The van der Waals surface area contributed by atoms with Crippen LogP contribution in [0.1, 0.15) is 39.5 Å². The van der Waals surface area contributed by atoms with E-state index in [-0.39, 0.29) is 28.9 Å². The van der Waals surface area contributed by atoms with Crippen LogP contribution in [0.3, 0.4) is 0 Å². The van der Waals surface area contributed by atoms with E-state index in [2.05, 4.69) is 9.98 Å². The van der Waals surface area contributed by atoms with E-state index in [1.807, 2.05) is 13.8 Å². The van der Waals surface area contributed by atoms with Gasteiger partial charge in [-0.15, -0.1) is 17.0 Å². The van der Waals surface area contributed by atoms with Crippen LogP contribution in [0, 0.1) is 0 Å². The van der Waals surface area contributed by atoms with Gasteiger partial charge in [-0.05, 0) is 33.1 Å². The molecule has 11 heteroatoms. The highest BCUT2D eigenvalue weighted by atomic mass is 79.9. The monoisotopic (exact) mass is 503 g/mol. The van der Waals surface area contributed by atoms with Gasteiger partial charge in [0.2, 0.25) is 17.7 Å². The average molecular weight is 504 g/mol. The van der Waals surface area contributed by atoms with Gasteiger partial charge in [0.15, 0.2) is 17.2 Å². The molecule has 176 valence electrons. The zero-order chi connectivity index (χ0) is 22.1. The zero-order valence-corrected chi connectivity index (χ0v) is 20.6. The third-order valence-electron chi connectivity index (χ3n) is 4.49. The van der Waals surface area contributed by atoms with Crippen molar-refractivity contribution in [1.29, 1.82) is 0 Å². The predicted molar refractivity (Wildman–Crippen MR) is 125 cm³/mol. The first kappa shape index (κ1) is 26.6. The van der Waals surface area contributed by atoms with Gasteiger partial charge in [-0.25, -0.2) is 4.99 Å². The first-order valence-corrected chi connectivity index (χ1v) is 9.87. The van der Waals surface area contributed by atoms with Gasteiger partial charge in [-0.2, -0.15) is 10.1 Å². The molecule has 1 heterocycles. The van der Waals surface area contributed by atoms with Crippen LogP contribution in [0.25, 0.3) is 0 Å². The van der Waals surface area contributed by atoms with Gasteiger partial charge in [0.25, 0.3) is 0 Å². The van der Waals surface area contributed by atoms with Crippen molar-refractivity contribution >= 4 is 28.9 Å². The van der Waals surface area contributed by atoms with Crippen molar-refractivity contribution in [1.82, 2.24) is 5.06 Å². The molecule has 0 bridgehead atoms. The largest absolute Gasteiger partial charge is 0.493 e. The summed E-state index contributed by atoms with van der Waals surface area (Å²) in [5.74, 6) is 2.73. The number of unbranched alkanes of at least 4 members (excludes halogenated alkanes) is 3. The van der Waals surface area contributed by atoms with Crippen molar-refractivity contribution in [3.63, 3.8) is 0 Å². The normalized spacial score (nSPS) is 14.8. The summed E-state index contributed by atoms with van der Waals surface area (Å²) in [5.41, 5.74) is 10.9. The van der Waals surface area contributed by atoms with E-state index in [1.165, 1.54) is 5.06 Å². The summed E-state index contributed by atoms with van der Waals surface area (Å²) in [4.78, 5) is 13.9. The van der Waals surface area contributed by atoms with Crippen LogP contribution < -0.4 is 30.4 Å². The Morgan fingerprint density at radius 2 is 1.48 bits per heavy atom. The Hall–Kier alpha value is -2.40. The lowest BCUT2D eigenvalue weighted by Gasteiger charge is -2.36. The van der Waals surface area contributed by atoms with Crippen LogP contribution in [-0.2, 0) is 4.84 Å². The van der Waals surface area contributed by atoms with Gasteiger partial charge >= 0.3 is 0 Å². The minimum Gasteiger partial charge on any atom is -0.493 e. The van der Waals surface area contributed by atoms with Crippen LogP contribution in [0.4, 0.5) is 0 Å². The highest BCUT2D eigenvalue weighted by Crippen LogP contribution is 2.40. The molecule has 0 atom stereocenters. The number of ether oxygens (including phenoxy) is 4. The zero-order valence-electron chi connectivity index (χ0n) is 18.8. The van der Waals surface area contributed by atoms with Crippen LogP contribution in [0.5, 0.6) is 23.0 Å². The van der Waals surface area contributed by atoms with Crippen molar-refractivity contribution in [2.75, 3.05) is 34.5 Å². The molecule has 0 radical (unpaired) electrons. The first-order valence-electron chi connectivity index (χ1n) is 9.87. The molecule has 4 N–H and O–H groups in total. The molecule has 0 saturated heterocycles. The van der Waals surface area contributed by atoms with Crippen LogP contribution >= 0.6 is 17.0 Å². The summed E-state index contributed by atoms with van der Waals surface area (Å²) in [6.07, 6.45) is 3.79. The second-order valence-electron chi connectivity index (χ2n) is 7.19. The van der Waals surface area contributed by atoms with Gasteiger partial charge in [-0.3, -0.25) is 4.84 Å². The topological polar surface area (TPSA) is 126 Å². The van der Waals surface area contributed by atoms with Gasteiger partial charge in [0, 0.05) is 12.1 Å². The molecule has 0 fully saturated rings. The summed E-state index contributed by atoms with van der Waals surface area (Å²) in [6, 6.07) is 3.58. The molecule has 0 aromatic heterocycles. The molecule has 0 amide bonds. The minimum absolute atomic E-state index is 0. The van der Waals surface area contributed by atoms with Crippen molar-refractivity contribution in [3.8, 4) is 23.0 Å². The smallest absolute Gasteiger partial charge is 0.226 e. The number of aliphatic imine (C=N–C) groups is 2. The molecule has 0 spiro atoms. The SMILES string of the molecule is Br.COc1cc(OCCCCCCON2C(N)=NC(N)=NC2(C)C)cc(OC)c1OC. The Balaban J connectivity index is 0.00000480. The Morgan fingerprint density at radius 1 is 0.903 bits per heavy atom. The maximum Gasteiger partial charge on any atom is 0.226 e. The Kier molecular flexibility index (Phi) is 10.7. The van der Waals surface area contributed by atoms with E-state index < -0.39 is 5.66 Å². The van der Waals surface area contributed by atoms with Gasteiger partial charge < -0.3 is 30.4 Å². The highest BCUT2D eigenvalue weighted by Gasteiger charge is 2.32. The summed E-state index contributed by atoms with van der Waals surface area (Å²) >= 11 is 0.